The third kappa shape index (κ3) is 7.71. The topological polar surface area (TPSA) is 6.48 Å². The van der Waals surface area contributed by atoms with Crippen LogP contribution in [0.25, 0.3) is 21.2 Å². The molecule has 3 heterocycles. The van der Waals surface area contributed by atoms with Crippen LogP contribution >= 0.6 is 11.3 Å². The van der Waals surface area contributed by atoms with E-state index in [2.05, 4.69) is 249 Å². The highest BCUT2D eigenvalue weighted by molar-refractivity contribution is 7.33. The summed E-state index contributed by atoms with van der Waals surface area (Å²) < 4.78 is 2.91. The Kier molecular flexibility index (Phi) is 11.0. The first kappa shape index (κ1) is 50.9. The molecule has 12 rings (SSSR count). The van der Waals surface area contributed by atoms with Crippen molar-refractivity contribution in [2.75, 3.05) is 9.80 Å². The average molecular weight is 1030 g/mol. The van der Waals surface area contributed by atoms with Crippen LogP contribution in [0.1, 0.15) is 187 Å². The Morgan fingerprint density at radius 1 is 0.493 bits per heavy atom. The molecule has 0 N–H and O–H groups in total. The average Bonchev–Trinajstić information content (AvgIpc) is 3.79. The van der Waals surface area contributed by atoms with Crippen LogP contribution in [0.3, 0.4) is 0 Å². The number of fused-ring (bicyclic) bond motifs is 9. The molecule has 0 unspecified atom stereocenters. The van der Waals surface area contributed by atoms with Crippen molar-refractivity contribution >= 4 is 91.2 Å². The number of hydrogen-bond acceptors (Lipinski definition) is 3. The van der Waals surface area contributed by atoms with Crippen molar-refractivity contribution < 1.29 is 0 Å². The summed E-state index contributed by atoms with van der Waals surface area (Å²) in [7, 11) is -1.98. The van der Waals surface area contributed by atoms with Gasteiger partial charge in [-0.15, -0.1) is 11.3 Å². The van der Waals surface area contributed by atoms with Crippen LogP contribution in [0.15, 0.2) is 97.1 Å². The Morgan fingerprint density at radius 2 is 0.973 bits per heavy atom. The van der Waals surface area contributed by atoms with Crippen molar-refractivity contribution in [2.24, 2.45) is 0 Å². The van der Waals surface area contributed by atoms with E-state index >= 15 is 0 Å². The van der Waals surface area contributed by atoms with Gasteiger partial charge < -0.3 is 9.80 Å². The molecular weight excluding hydrogens is 940 g/mol. The van der Waals surface area contributed by atoms with Gasteiger partial charge in [-0.05, 0) is 193 Å². The van der Waals surface area contributed by atoms with Gasteiger partial charge in [0.25, 0.3) is 6.71 Å². The zero-order chi connectivity index (χ0) is 53.7. The lowest BCUT2D eigenvalue weighted by Crippen LogP contribution is -2.61. The van der Waals surface area contributed by atoms with Gasteiger partial charge in [0.05, 0.1) is 19.4 Å². The number of aryl methyl sites for hydroxylation is 1. The number of nitrogens with zero attached hydrogens (tertiary/aromatic N) is 2. The molecule has 2 nitrogen and oxygen atoms in total. The summed E-state index contributed by atoms with van der Waals surface area (Å²) in [6.45, 7) is 47.3. The largest absolute Gasteiger partial charge is 0.311 e. The molecule has 0 amide bonds. The van der Waals surface area contributed by atoms with Crippen molar-refractivity contribution in [1.29, 1.82) is 0 Å². The molecular formula is C70H85BN2SSi. The van der Waals surface area contributed by atoms with Gasteiger partial charge >= 0.3 is 0 Å². The SMILES string of the molecule is Cc1cc(C(C)(C)C)ccc1N1c2cc([Si](C)(C)C)cc3c2B(c2cc4c(cc2N3c2cc3c(cc2-c2ccccc2)C(C)(C)CCC3(C)C)C(C)(C)CCC4(C)C)c2sc3cc4c(cc3c21)C(C)(C)CCC4(C)C. The quantitative estimate of drug-likeness (QED) is 0.162. The predicted molar refractivity (Wildman–Crippen MR) is 334 cm³/mol. The van der Waals surface area contributed by atoms with E-state index in [0.717, 1.165) is 0 Å². The minimum absolute atomic E-state index is 0.0270. The second-order valence-corrected chi connectivity index (χ2v) is 36.4. The molecule has 3 aliphatic carbocycles. The molecule has 75 heavy (non-hydrogen) atoms. The van der Waals surface area contributed by atoms with Gasteiger partial charge in [0, 0.05) is 43.2 Å². The lowest BCUT2D eigenvalue weighted by molar-refractivity contribution is 0.332. The van der Waals surface area contributed by atoms with E-state index in [9.17, 15) is 0 Å². The number of anilines is 6. The third-order valence-corrected chi connectivity index (χ3v) is 23.3. The molecule has 0 spiro atoms. The summed E-state index contributed by atoms with van der Waals surface area (Å²) in [5.41, 5.74) is 25.9. The van der Waals surface area contributed by atoms with E-state index in [-0.39, 0.29) is 44.6 Å². The van der Waals surface area contributed by atoms with E-state index in [4.69, 9.17) is 0 Å². The van der Waals surface area contributed by atoms with E-state index in [1.807, 2.05) is 0 Å². The van der Waals surface area contributed by atoms with E-state index in [1.165, 1.54) is 154 Å². The van der Waals surface area contributed by atoms with Gasteiger partial charge in [-0.1, -0.05) is 177 Å². The van der Waals surface area contributed by atoms with Crippen LogP contribution in [0.2, 0.25) is 19.6 Å². The summed E-state index contributed by atoms with van der Waals surface area (Å²) in [6, 6.07) is 40.4. The molecule has 388 valence electrons. The van der Waals surface area contributed by atoms with E-state index < -0.39 is 8.07 Å². The zero-order valence-corrected chi connectivity index (χ0v) is 51.2. The molecule has 5 heteroatoms. The van der Waals surface area contributed by atoms with Crippen LogP contribution in [0.4, 0.5) is 34.1 Å². The molecule has 7 aromatic rings. The highest BCUT2D eigenvalue weighted by Crippen LogP contribution is 2.57. The van der Waals surface area contributed by atoms with Crippen LogP contribution in [-0.2, 0) is 37.9 Å². The highest BCUT2D eigenvalue weighted by atomic mass is 32.1. The zero-order valence-electron chi connectivity index (χ0n) is 49.4. The Morgan fingerprint density at radius 3 is 1.49 bits per heavy atom. The molecule has 0 bridgehead atoms. The van der Waals surface area contributed by atoms with Gasteiger partial charge in [0.2, 0.25) is 0 Å². The Hall–Kier alpha value is -4.84. The van der Waals surface area contributed by atoms with Crippen molar-refractivity contribution in [3.05, 3.63) is 142 Å². The van der Waals surface area contributed by atoms with Crippen molar-refractivity contribution in [3.8, 4) is 11.1 Å². The molecule has 0 fully saturated rings. The minimum Gasteiger partial charge on any atom is -0.311 e. The van der Waals surface area contributed by atoms with E-state index in [0.29, 0.717) is 0 Å². The van der Waals surface area contributed by atoms with Gasteiger partial charge in [-0.3, -0.25) is 0 Å². The smallest absolute Gasteiger partial charge is 0.264 e. The maximum Gasteiger partial charge on any atom is 0.264 e. The monoisotopic (exact) mass is 1020 g/mol. The Balaban J connectivity index is 1.28. The van der Waals surface area contributed by atoms with Crippen molar-refractivity contribution in [3.63, 3.8) is 0 Å². The van der Waals surface area contributed by atoms with Crippen LogP contribution in [0.5, 0.6) is 0 Å². The normalized spacial score (nSPS) is 20.2. The summed E-state index contributed by atoms with van der Waals surface area (Å²) in [4.78, 5) is 5.63. The first-order chi connectivity index (χ1) is 34.8. The van der Waals surface area contributed by atoms with Gasteiger partial charge in [-0.25, -0.2) is 0 Å². The Labute approximate surface area is 457 Å². The summed E-state index contributed by atoms with van der Waals surface area (Å²) in [6.07, 6.45) is 7.10. The number of thiophene rings is 1. The maximum atomic E-state index is 2.84. The second-order valence-electron chi connectivity index (χ2n) is 30.3. The van der Waals surface area contributed by atoms with Gasteiger partial charge in [0.15, 0.2) is 0 Å². The van der Waals surface area contributed by atoms with Gasteiger partial charge in [-0.2, -0.15) is 0 Å². The summed E-state index contributed by atoms with van der Waals surface area (Å²) in [5, 5.41) is 2.92. The lowest BCUT2D eigenvalue weighted by atomic mass is 9.35. The minimum atomic E-state index is -1.98. The first-order valence-corrected chi connectivity index (χ1v) is 33.1. The molecule has 6 aromatic carbocycles. The Bertz CT molecular complexity index is 3550. The molecule has 0 saturated carbocycles. The van der Waals surface area contributed by atoms with E-state index in [1.54, 1.807) is 5.56 Å². The predicted octanol–water partition coefficient (Wildman–Crippen LogP) is 17.8. The van der Waals surface area contributed by atoms with Crippen LogP contribution in [-0.4, -0.2) is 14.8 Å². The second kappa shape index (κ2) is 16.1. The number of hydrogen-bond donors (Lipinski definition) is 0. The first-order valence-electron chi connectivity index (χ1n) is 28.8. The fourth-order valence-corrected chi connectivity index (χ4v) is 17.0. The molecule has 2 aliphatic heterocycles. The van der Waals surface area contributed by atoms with Gasteiger partial charge in [0.1, 0.15) is 0 Å². The summed E-state index contributed by atoms with van der Waals surface area (Å²) >= 11 is 2.10. The fraction of sp³-hybridized carbons (Fsp3) is 0.457. The standard InChI is InChI=1S/C70H85BN2SSi/c1-42-33-44(64(2,3)4)25-26-55(42)73-59-35-45(75(17,18)19)34-58-61(59)71(63-62(73)47-37-49-53(41-60(47)74-63)70(15,16)32-28-66(49,7)8)54-38-50-52(69(13,14)31-29-67(50,9)10)40-57(54)72(58)56-39-51-48(65(5,6)27-30-68(51,11)12)36-46(56)43-23-21-20-22-24-43/h20-26,33-41H,27-32H2,1-19H3. The molecule has 0 saturated heterocycles. The molecule has 0 atom stereocenters. The lowest BCUT2D eigenvalue weighted by Gasteiger charge is -2.48. The maximum absolute atomic E-state index is 2.84. The molecule has 1 aromatic heterocycles. The highest BCUT2D eigenvalue weighted by Gasteiger charge is 2.50. The number of rotatable bonds is 4. The van der Waals surface area contributed by atoms with Crippen LogP contribution in [0, 0.1) is 6.92 Å². The molecule has 0 radical (unpaired) electrons. The molecule has 5 aliphatic rings. The third-order valence-electron chi connectivity index (χ3n) is 20.1. The number of benzene rings is 6. The van der Waals surface area contributed by atoms with Crippen molar-refractivity contribution in [1.82, 2.24) is 0 Å². The summed E-state index contributed by atoms with van der Waals surface area (Å²) in [5.74, 6) is 0. The van der Waals surface area contributed by atoms with Crippen molar-refractivity contribution in [2.45, 2.75) is 207 Å². The fourth-order valence-electron chi connectivity index (χ4n) is 14.6. The van der Waals surface area contributed by atoms with Crippen LogP contribution < -0.4 is 30.7 Å².